The van der Waals surface area contributed by atoms with Crippen LogP contribution in [0, 0.1) is 0 Å². The van der Waals surface area contributed by atoms with Gasteiger partial charge in [0.05, 0.1) is 4.47 Å². The molecular formula is C20H22BrNO3. The molecule has 5 heteroatoms. The first-order valence-corrected chi connectivity index (χ1v) is 9.43. The number of para-hydroxylation sites is 1. The minimum Gasteiger partial charge on any atom is -0.490 e. The number of hydrogen-bond acceptors (Lipinski definition) is 3. The Labute approximate surface area is 156 Å². The largest absolute Gasteiger partial charge is 0.490 e. The van der Waals surface area contributed by atoms with Crippen molar-refractivity contribution in [2.75, 3.05) is 26.3 Å². The quantitative estimate of drug-likeness (QED) is 0.664. The number of hydrogen-bond donors (Lipinski definition) is 0. The van der Waals surface area contributed by atoms with Gasteiger partial charge < -0.3 is 14.4 Å². The summed E-state index contributed by atoms with van der Waals surface area (Å²) >= 11 is 3.50. The molecule has 0 aromatic heterocycles. The first-order chi connectivity index (χ1) is 12.2. The van der Waals surface area contributed by atoms with Crippen molar-refractivity contribution in [3.05, 3.63) is 58.6 Å². The number of rotatable bonds is 6. The smallest absolute Gasteiger partial charge is 0.253 e. The van der Waals surface area contributed by atoms with Crippen molar-refractivity contribution < 1.29 is 14.3 Å². The number of piperidine rings is 1. The summed E-state index contributed by atoms with van der Waals surface area (Å²) in [5, 5.41) is 0. The topological polar surface area (TPSA) is 38.8 Å². The minimum atomic E-state index is 0.0966. The molecule has 132 valence electrons. The summed E-state index contributed by atoms with van der Waals surface area (Å²) in [5.74, 6) is 1.64. The summed E-state index contributed by atoms with van der Waals surface area (Å²) in [6.07, 6.45) is 3.40. The molecule has 2 aromatic carbocycles. The Balaban J connectivity index is 1.52. The second kappa shape index (κ2) is 8.90. The van der Waals surface area contributed by atoms with Crippen LogP contribution in [0.25, 0.3) is 0 Å². The number of likely N-dealkylation sites (tertiary alicyclic amines) is 1. The van der Waals surface area contributed by atoms with Crippen molar-refractivity contribution in [1.29, 1.82) is 0 Å². The summed E-state index contributed by atoms with van der Waals surface area (Å²) in [6, 6.07) is 15.2. The Morgan fingerprint density at radius 2 is 1.68 bits per heavy atom. The van der Waals surface area contributed by atoms with E-state index in [1.165, 1.54) is 6.42 Å². The molecule has 1 amide bonds. The molecule has 0 atom stereocenters. The fourth-order valence-corrected chi connectivity index (χ4v) is 3.35. The van der Waals surface area contributed by atoms with Gasteiger partial charge in [-0.25, -0.2) is 0 Å². The number of carbonyl (C=O) groups excluding carboxylic acids is 1. The third kappa shape index (κ3) is 4.98. The highest BCUT2D eigenvalue weighted by Gasteiger charge is 2.19. The van der Waals surface area contributed by atoms with E-state index in [4.69, 9.17) is 9.47 Å². The average Bonchev–Trinajstić information content (AvgIpc) is 2.67. The summed E-state index contributed by atoms with van der Waals surface area (Å²) in [4.78, 5) is 14.5. The van der Waals surface area contributed by atoms with Gasteiger partial charge in [-0.1, -0.05) is 18.2 Å². The third-order valence-corrected chi connectivity index (χ3v) is 4.79. The summed E-state index contributed by atoms with van der Waals surface area (Å²) in [5.41, 5.74) is 0.696. The lowest BCUT2D eigenvalue weighted by Gasteiger charge is -2.26. The molecule has 1 fully saturated rings. The first kappa shape index (κ1) is 17.8. The molecule has 25 heavy (non-hydrogen) atoms. The molecule has 0 unspecified atom stereocenters. The number of benzene rings is 2. The van der Waals surface area contributed by atoms with E-state index in [-0.39, 0.29) is 5.91 Å². The van der Waals surface area contributed by atoms with E-state index < -0.39 is 0 Å². The van der Waals surface area contributed by atoms with Gasteiger partial charge in [0, 0.05) is 18.7 Å². The van der Waals surface area contributed by atoms with Crippen LogP contribution in [-0.2, 0) is 0 Å². The number of halogens is 1. The predicted octanol–water partition coefficient (Wildman–Crippen LogP) is 4.53. The summed E-state index contributed by atoms with van der Waals surface area (Å²) in [7, 11) is 0. The number of ether oxygens (including phenoxy) is 2. The molecule has 1 aliphatic rings. The Kier molecular flexibility index (Phi) is 6.34. The molecule has 0 N–H and O–H groups in total. The van der Waals surface area contributed by atoms with Crippen LogP contribution in [0.4, 0.5) is 0 Å². The Bertz CT molecular complexity index is 699. The van der Waals surface area contributed by atoms with Gasteiger partial charge in [0.2, 0.25) is 0 Å². The van der Waals surface area contributed by atoms with E-state index in [0.717, 1.165) is 36.2 Å². The highest BCUT2D eigenvalue weighted by molar-refractivity contribution is 9.10. The van der Waals surface area contributed by atoms with E-state index in [1.54, 1.807) is 0 Å². The Morgan fingerprint density at radius 1 is 0.960 bits per heavy atom. The molecule has 0 radical (unpaired) electrons. The Hall–Kier alpha value is -2.01. The maximum atomic E-state index is 12.5. The van der Waals surface area contributed by atoms with Gasteiger partial charge in [0.25, 0.3) is 5.91 Å². The maximum absolute atomic E-state index is 12.5. The zero-order chi connectivity index (χ0) is 17.5. The van der Waals surface area contributed by atoms with E-state index in [1.807, 2.05) is 53.4 Å². The van der Waals surface area contributed by atoms with E-state index in [9.17, 15) is 4.79 Å². The van der Waals surface area contributed by atoms with Crippen molar-refractivity contribution >= 4 is 21.8 Å². The van der Waals surface area contributed by atoms with Crippen molar-refractivity contribution in [2.24, 2.45) is 0 Å². The number of nitrogens with zero attached hydrogens (tertiary/aromatic N) is 1. The highest BCUT2D eigenvalue weighted by Crippen LogP contribution is 2.27. The third-order valence-electron chi connectivity index (χ3n) is 4.17. The molecule has 2 aromatic rings. The molecule has 1 heterocycles. The second-order valence-electron chi connectivity index (χ2n) is 6.01. The standard InChI is InChI=1S/C20H22BrNO3/c21-18-15-16(20(23)22-11-5-2-6-12-22)9-10-19(18)25-14-13-24-17-7-3-1-4-8-17/h1,3-4,7-10,15H,2,5-6,11-14H2. The zero-order valence-corrected chi connectivity index (χ0v) is 15.7. The summed E-state index contributed by atoms with van der Waals surface area (Å²) in [6.45, 7) is 2.61. The minimum absolute atomic E-state index is 0.0966. The monoisotopic (exact) mass is 403 g/mol. The van der Waals surface area contributed by atoms with Gasteiger partial charge in [-0.05, 0) is 65.5 Å². The number of amides is 1. The maximum Gasteiger partial charge on any atom is 0.253 e. The van der Waals surface area contributed by atoms with Crippen LogP contribution in [0.15, 0.2) is 53.0 Å². The normalized spacial score (nSPS) is 14.2. The van der Waals surface area contributed by atoms with Crippen LogP contribution in [0.2, 0.25) is 0 Å². The van der Waals surface area contributed by atoms with Gasteiger partial charge in [-0.2, -0.15) is 0 Å². The van der Waals surface area contributed by atoms with Gasteiger partial charge >= 0.3 is 0 Å². The van der Waals surface area contributed by atoms with Crippen LogP contribution in [0.5, 0.6) is 11.5 Å². The van der Waals surface area contributed by atoms with Crippen molar-refractivity contribution in [3.8, 4) is 11.5 Å². The molecule has 4 nitrogen and oxygen atoms in total. The lowest BCUT2D eigenvalue weighted by atomic mass is 10.1. The molecule has 1 saturated heterocycles. The van der Waals surface area contributed by atoms with Gasteiger partial charge in [0.15, 0.2) is 0 Å². The van der Waals surface area contributed by atoms with Crippen LogP contribution in [-0.4, -0.2) is 37.1 Å². The van der Waals surface area contributed by atoms with E-state index in [2.05, 4.69) is 15.9 Å². The van der Waals surface area contributed by atoms with Crippen LogP contribution in [0.1, 0.15) is 29.6 Å². The molecule has 0 saturated carbocycles. The summed E-state index contributed by atoms with van der Waals surface area (Å²) < 4.78 is 12.1. The van der Waals surface area contributed by atoms with Gasteiger partial charge in [-0.15, -0.1) is 0 Å². The number of carbonyl (C=O) groups is 1. The van der Waals surface area contributed by atoms with Crippen LogP contribution in [0.3, 0.4) is 0 Å². The SMILES string of the molecule is O=C(c1ccc(OCCOc2ccccc2)c(Br)c1)N1CCCCC1. The van der Waals surface area contributed by atoms with Crippen molar-refractivity contribution in [1.82, 2.24) is 4.90 Å². The molecule has 0 bridgehead atoms. The van der Waals surface area contributed by atoms with Crippen molar-refractivity contribution in [3.63, 3.8) is 0 Å². The molecule has 1 aliphatic heterocycles. The highest BCUT2D eigenvalue weighted by atomic mass is 79.9. The lowest BCUT2D eigenvalue weighted by Crippen LogP contribution is -2.35. The van der Waals surface area contributed by atoms with Crippen LogP contribution >= 0.6 is 15.9 Å². The molecule has 0 spiro atoms. The molecule has 0 aliphatic carbocycles. The average molecular weight is 404 g/mol. The molecular weight excluding hydrogens is 382 g/mol. The lowest BCUT2D eigenvalue weighted by molar-refractivity contribution is 0.0724. The van der Waals surface area contributed by atoms with Crippen LogP contribution < -0.4 is 9.47 Å². The van der Waals surface area contributed by atoms with Gasteiger partial charge in [0.1, 0.15) is 24.7 Å². The zero-order valence-electron chi connectivity index (χ0n) is 14.1. The predicted molar refractivity (Wildman–Crippen MR) is 101 cm³/mol. The second-order valence-corrected chi connectivity index (χ2v) is 6.86. The van der Waals surface area contributed by atoms with E-state index in [0.29, 0.717) is 24.5 Å². The molecule has 3 rings (SSSR count). The fraction of sp³-hybridized carbons (Fsp3) is 0.350. The Morgan fingerprint density at radius 3 is 2.40 bits per heavy atom. The fourth-order valence-electron chi connectivity index (χ4n) is 2.86. The van der Waals surface area contributed by atoms with Gasteiger partial charge in [-0.3, -0.25) is 4.79 Å². The van der Waals surface area contributed by atoms with E-state index >= 15 is 0 Å². The van der Waals surface area contributed by atoms with Crippen molar-refractivity contribution in [2.45, 2.75) is 19.3 Å². The first-order valence-electron chi connectivity index (χ1n) is 8.63.